The molecule has 0 spiro atoms. The highest BCUT2D eigenvalue weighted by Crippen LogP contribution is 2.20. The smallest absolute Gasteiger partial charge is 0.274 e. The van der Waals surface area contributed by atoms with Crippen LogP contribution in [0.4, 0.5) is 15.8 Å². The van der Waals surface area contributed by atoms with Crippen LogP contribution in [0, 0.1) is 5.82 Å². The Balaban J connectivity index is 1.49. The summed E-state index contributed by atoms with van der Waals surface area (Å²) in [6.45, 7) is 0.816. The summed E-state index contributed by atoms with van der Waals surface area (Å²) in [5.74, 6) is -0.913. The third-order valence-corrected chi connectivity index (χ3v) is 4.28. The Kier molecular flexibility index (Phi) is 6.39. The molecule has 27 heavy (non-hydrogen) atoms. The third-order valence-electron chi connectivity index (χ3n) is 3.99. The van der Waals surface area contributed by atoms with Crippen LogP contribution >= 0.6 is 11.6 Å². The summed E-state index contributed by atoms with van der Waals surface area (Å²) in [6, 6.07) is 17.8. The highest BCUT2D eigenvalue weighted by atomic mass is 35.5. The number of rotatable bonds is 7. The molecule has 1 amide bonds. The van der Waals surface area contributed by atoms with E-state index in [1.54, 1.807) is 12.3 Å². The van der Waals surface area contributed by atoms with Crippen molar-refractivity contribution in [3.05, 3.63) is 89.0 Å². The van der Waals surface area contributed by atoms with E-state index in [0.717, 1.165) is 25.1 Å². The van der Waals surface area contributed by atoms with Crippen LogP contribution in [0.3, 0.4) is 0 Å². The number of carbonyl (C=O) groups is 1. The lowest BCUT2D eigenvalue weighted by Crippen LogP contribution is -2.14. The Bertz CT molecular complexity index is 901. The zero-order valence-electron chi connectivity index (χ0n) is 14.6. The van der Waals surface area contributed by atoms with Gasteiger partial charge in [-0.2, -0.15) is 0 Å². The van der Waals surface area contributed by atoms with Gasteiger partial charge >= 0.3 is 0 Å². The minimum absolute atomic E-state index is 0.0455. The molecule has 3 aromatic rings. The summed E-state index contributed by atoms with van der Waals surface area (Å²) < 4.78 is 13.2. The van der Waals surface area contributed by atoms with Crippen LogP contribution in [0.25, 0.3) is 0 Å². The molecule has 6 heteroatoms. The van der Waals surface area contributed by atoms with Crippen LogP contribution in [0.1, 0.15) is 22.5 Å². The fraction of sp³-hybridized carbons (Fsp3) is 0.143. The number of hydrogen-bond acceptors (Lipinski definition) is 3. The van der Waals surface area contributed by atoms with Crippen molar-refractivity contribution in [2.75, 3.05) is 17.2 Å². The van der Waals surface area contributed by atoms with Crippen LogP contribution in [0.15, 0.2) is 66.9 Å². The van der Waals surface area contributed by atoms with E-state index in [9.17, 15) is 9.18 Å². The molecule has 1 aromatic heterocycles. The number of halogens is 2. The third kappa shape index (κ3) is 5.53. The van der Waals surface area contributed by atoms with Gasteiger partial charge in [-0.05, 0) is 48.7 Å². The van der Waals surface area contributed by atoms with E-state index in [2.05, 4.69) is 27.8 Å². The first-order chi connectivity index (χ1) is 13.1. The molecule has 1 heterocycles. The Morgan fingerprint density at radius 1 is 1.04 bits per heavy atom. The summed E-state index contributed by atoms with van der Waals surface area (Å²) >= 11 is 5.71. The number of nitrogens with one attached hydrogen (secondary N) is 2. The molecule has 2 N–H and O–H groups in total. The second-order valence-corrected chi connectivity index (χ2v) is 6.44. The van der Waals surface area contributed by atoms with Crippen molar-refractivity contribution < 1.29 is 9.18 Å². The van der Waals surface area contributed by atoms with Crippen molar-refractivity contribution in [2.24, 2.45) is 0 Å². The number of benzene rings is 2. The zero-order valence-corrected chi connectivity index (χ0v) is 15.3. The maximum absolute atomic E-state index is 13.2. The predicted octanol–water partition coefficient (Wildman–Crippen LogP) is 5.17. The minimum atomic E-state index is -0.532. The van der Waals surface area contributed by atoms with Crippen molar-refractivity contribution in [3.8, 4) is 0 Å². The van der Waals surface area contributed by atoms with Crippen molar-refractivity contribution in [1.82, 2.24) is 4.98 Å². The quantitative estimate of drug-likeness (QED) is 0.553. The van der Waals surface area contributed by atoms with Crippen LogP contribution in [-0.2, 0) is 6.42 Å². The van der Waals surface area contributed by atoms with Gasteiger partial charge in [-0.1, -0.05) is 41.9 Å². The second kappa shape index (κ2) is 9.14. The first-order valence-corrected chi connectivity index (χ1v) is 9.00. The largest absolute Gasteiger partial charge is 0.384 e. The molecule has 2 aromatic carbocycles. The lowest BCUT2D eigenvalue weighted by atomic mass is 10.1. The maximum atomic E-state index is 13.2. The van der Waals surface area contributed by atoms with E-state index < -0.39 is 5.82 Å². The van der Waals surface area contributed by atoms with Crippen LogP contribution in [0.5, 0.6) is 0 Å². The fourth-order valence-electron chi connectivity index (χ4n) is 2.57. The normalized spacial score (nSPS) is 10.4. The summed E-state index contributed by atoms with van der Waals surface area (Å²) in [4.78, 5) is 16.4. The van der Waals surface area contributed by atoms with Gasteiger partial charge in [0, 0.05) is 12.2 Å². The maximum Gasteiger partial charge on any atom is 0.274 e. The molecule has 0 atom stereocenters. The molecule has 0 aliphatic heterocycles. The highest BCUT2D eigenvalue weighted by Gasteiger charge is 2.09. The van der Waals surface area contributed by atoms with E-state index >= 15 is 0 Å². The monoisotopic (exact) mass is 383 g/mol. The molecule has 4 nitrogen and oxygen atoms in total. The van der Waals surface area contributed by atoms with E-state index in [1.165, 1.54) is 23.8 Å². The molecular formula is C21H19ClFN3O. The first kappa shape index (κ1) is 18.9. The van der Waals surface area contributed by atoms with Crippen molar-refractivity contribution >= 4 is 28.9 Å². The van der Waals surface area contributed by atoms with Gasteiger partial charge in [-0.25, -0.2) is 9.37 Å². The molecule has 0 radical (unpaired) electrons. The summed E-state index contributed by atoms with van der Waals surface area (Å²) in [7, 11) is 0. The van der Waals surface area contributed by atoms with Crippen LogP contribution in [-0.4, -0.2) is 17.4 Å². The number of aryl methyl sites for hydroxylation is 1. The second-order valence-electron chi connectivity index (χ2n) is 6.03. The average Bonchev–Trinajstić information content (AvgIpc) is 2.69. The standard InChI is InChI=1S/C21H19ClFN3O/c22-18-13-16(8-10-19(18)23)26-21(27)20-11-9-17(14-25-20)24-12-4-7-15-5-2-1-3-6-15/h1-3,5-6,8-11,13-14,24H,4,7,12H2,(H,26,27). The SMILES string of the molecule is O=C(Nc1ccc(F)c(Cl)c1)c1ccc(NCCCc2ccccc2)cn1. The molecule has 3 rings (SSSR count). The van der Waals surface area contributed by atoms with Crippen molar-refractivity contribution in [3.63, 3.8) is 0 Å². The molecule has 138 valence electrons. The fourth-order valence-corrected chi connectivity index (χ4v) is 2.75. The van der Waals surface area contributed by atoms with Crippen LogP contribution in [0.2, 0.25) is 5.02 Å². The van der Waals surface area contributed by atoms with Crippen molar-refractivity contribution in [1.29, 1.82) is 0 Å². The predicted molar refractivity (Wildman–Crippen MR) is 107 cm³/mol. The van der Waals surface area contributed by atoms with E-state index in [1.807, 2.05) is 24.3 Å². The summed E-state index contributed by atoms with van der Waals surface area (Å²) in [6.07, 6.45) is 3.62. The Morgan fingerprint density at radius 2 is 1.81 bits per heavy atom. The topological polar surface area (TPSA) is 54.0 Å². The highest BCUT2D eigenvalue weighted by molar-refractivity contribution is 6.31. The van der Waals surface area contributed by atoms with Gasteiger partial charge in [0.25, 0.3) is 5.91 Å². The number of carbonyl (C=O) groups excluding carboxylic acids is 1. The number of aromatic nitrogens is 1. The number of amides is 1. The van der Waals surface area contributed by atoms with Gasteiger partial charge in [-0.15, -0.1) is 0 Å². The number of anilines is 2. The number of nitrogens with zero attached hydrogens (tertiary/aromatic N) is 1. The van der Waals surface area contributed by atoms with Crippen LogP contribution < -0.4 is 10.6 Å². The molecule has 0 fully saturated rings. The van der Waals surface area contributed by atoms with E-state index in [0.29, 0.717) is 5.69 Å². The molecule has 0 saturated heterocycles. The Hall–Kier alpha value is -2.92. The lowest BCUT2D eigenvalue weighted by molar-refractivity contribution is 0.102. The molecule has 0 aliphatic rings. The molecule has 0 aliphatic carbocycles. The minimum Gasteiger partial charge on any atom is -0.384 e. The Labute approximate surface area is 162 Å². The van der Waals surface area contributed by atoms with Gasteiger partial charge in [0.1, 0.15) is 11.5 Å². The van der Waals surface area contributed by atoms with Gasteiger partial charge in [0.05, 0.1) is 16.9 Å². The van der Waals surface area contributed by atoms with Gasteiger partial charge in [-0.3, -0.25) is 4.79 Å². The lowest BCUT2D eigenvalue weighted by Gasteiger charge is -2.08. The number of hydrogen-bond donors (Lipinski definition) is 2. The summed E-state index contributed by atoms with van der Waals surface area (Å²) in [5.41, 5.74) is 2.84. The first-order valence-electron chi connectivity index (χ1n) is 8.62. The molecular weight excluding hydrogens is 365 g/mol. The zero-order chi connectivity index (χ0) is 19.1. The van der Waals surface area contributed by atoms with Crippen molar-refractivity contribution in [2.45, 2.75) is 12.8 Å². The number of pyridine rings is 1. The van der Waals surface area contributed by atoms with Gasteiger partial charge in [0.2, 0.25) is 0 Å². The molecule has 0 saturated carbocycles. The van der Waals surface area contributed by atoms with Gasteiger partial charge < -0.3 is 10.6 Å². The van der Waals surface area contributed by atoms with E-state index in [-0.39, 0.29) is 16.6 Å². The molecule has 0 unspecified atom stereocenters. The van der Waals surface area contributed by atoms with Gasteiger partial charge in [0.15, 0.2) is 0 Å². The van der Waals surface area contributed by atoms with E-state index in [4.69, 9.17) is 11.6 Å². The summed E-state index contributed by atoms with van der Waals surface area (Å²) in [5, 5.41) is 5.89. The molecule has 0 bridgehead atoms. The Morgan fingerprint density at radius 3 is 2.52 bits per heavy atom. The average molecular weight is 384 g/mol.